The van der Waals surface area contributed by atoms with Gasteiger partial charge in [0, 0.05) is 6.54 Å². The number of halogens is 1. The molecule has 0 radical (unpaired) electrons. The molecule has 0 saturated heterocycles. The summed E-state index contributed by atoms with van der Waals surface area (Å²) in [5.41, 5.74) is 1.18. The van der Waals surface area contributed by atoms with E-state index in [1.54, 1.807) is 19.1 Å². The van der Waals surface area contributed by atoms with E-state index in [-0.39, 0.29) is 12.2 Å². The van der Waals surface area contributed by atoms with Crippen LogP contribution < -0.4 is 0 Å². The van der Waals surface area contributed by atoms with E-state index in [9.17, 15) is 14.4 Å². The Kier molecular flexibility index (Phi) is 6.13. The van der Waals surface area contributed by atoms with Gasteiger partial charge in [0.25, 0.3) is 0 Å². The second-order valence-electron chi connectivity index (χ2n) is 4.72. The van der Waals surface area contributed by atoms with Crippen LogP contribution in [0, 0.1) is 24.1 Å². The van der Waals surface area contributed by atoms with E-state index in [2.05, 4.69) is 6.07 Å². The fourth-order valence-corrected chi connectivity index (χ4v) is 2.10. The summed E-state index contributed by atoms with van der Waals surface area (Å²) in [7, 11) is 0. The molecule has 0 aromatic heterocycles. The highest BCUT2D eigenvalue weighted by Gasteiger charge is 2.20. The molecule has 0 aliphatic carbocycles. The zero-order valence-electron chi connectivity index (χ0n) is 11.8. The van der Waals surface area contributed by atoms with Crippen molar-refractivity contribution in [2.24, 2.45) is 0 Å². The molecule has 0 fully saturated rings. The predicted octanol–water partition coefficient (Wildman–Crippen LogP) is 2.89. The molecule has 20 heavy (non-hydrogen) atoms. The van der Waals surface area contributed by atoms with Crippen LogP contribution in [0.3, 0.4) is 0 Å². The lowest BCUT2D eigenvalue weighted by Crippen LogP contribution is -2.31. The third-order valence-electron chi connectivity index (χ3n) is 3.11. The van der Waals surface area contributed by atoms with Crippen LogP contribution in [-0.4, -0.2) is 29.1 Å². The molecule has 0 aliphatic heterocycles. The smallest absolute Gasteiger partial charge is 0.304 e. The Labute approximate surface area is 118 Å². The van der Waals surface area contributed by atoms with Gasteiger partial charge >= 0.3 is 5.97 Å². The summed E-state index contributed by atoms with van der Waals surface area (Å²) in [6.45, 7) is 4.55. The van der Waals surface area contributed by atoms with E-state index in [0.717, 1.165) is 6.42 Å². The number of carboxylic acids is 1. The third kappa shape index (κ3) is 4.32. The summed E-state index contributed by atoms with van der Waals surface area (Å²) in [4.78, 5) is 12.5. The first-order chi connectivity index (χ1) is 9.49. The molecule has 1 aromatic carbocycles. The average molecular weight is 278 g/mol. The van der Waals surface area contributed by atoms with E-state index in [0.29, 0.717) is 24.2 Å². The molecule has 0 spiro atoms. The molecule has 0 saturated carbocycles. The molecule has 0 heterocycles. The SMILES string of the molecule is CCCN(CCC(=O)O)C(C#N)c1ccc(F)c(C)c1. The molecule has 1 aromatic rings. The number of nitriles is 1. The van der Waals surface area contributed by atoms with Crippen molar-refractivity contribution in [3.63, 3.8) is 0 Å². The van der Waals surface area contributed by atoms with Crippen LogP contribution in [0.4, 0.5) is 4.39 Å². The Morgan fingerprint density at radius 2 is 2.20 bits per heavy atom. The minimum absolute atomic E-state index is 0.0155. The van der Waals surface area contributed by atoms with Crippen molar-refractivity contribution in [2.75, 3.05) is 13.1 Å². The lowest BCUT2D eigenvalue weighted by Gasteiger charge is -2.26. The normalized spacial score (nSPS) is 12.2. The summed E-state index contributed by atoms with van der Waals surface area (Å²) in [5.74, 6) is -1.20. The second kappa shape index (κ2) is 7.61. The minimum atomic E-state index is -0.891. The van der Waals surface area contributed by atoms with Gasteiger partial charge in [0.15, 0.2) is 0 Å². The summed E-state index contributed by atoms with van der Waals surface area (Å²) in [6.07, 6.45) is 0.802. The number of hydrogen-bond acceptors (Lipinski definition) is 3. The van der Waals surface area contributed by atoms with E-state index in [1.807, 2.05) is 11.8 Å². The first kappa shape index (κ1) is 16.1. The molecule has 5 heteroatoms. The number of hydrogen-bond donors (Lipinski definition) is 1. The molecular formula is C15H19FN2O2. The molecule has 108 valence electrons. The van der Waals surface area contributed by atoms with Crippen molar-refractivity contribution in [3.8, 4) is 6.07 Å². The zero-order valence-corrected chi connectivity index (χ0v) is 11.8. The molecule has 1 rings (SSSR count). The number of benzene rings is 1. The molecule has 4 nitrogen and oxygen atoms in total. The first-order valence-electron chi connectivity index (χ1n) is 6.61. The number of carboxylic acid groups (broad SMARTS) is 1. The second-order valence-corrected chi connectivity index (χ2v) is 4.72. The average Bonchev–Trinajstić information content (AvgIpc) is 2.40. The van der Waals surface area contributed by atoms with Crippen molar-refractivity contribution in [3.05, 3.63) is 35.1 Å². The van der Waals surface area contributed by atoms with Crippen molar-refractivity contribution >= 4 is 5.97 Å². The highest BCUT2D eigenvalue weighted by molar-refractivity contribution is 5.66. The Balaban J connectivity index is 2.96. The van der Waals surface area contributed by atoms with Gasteiger partial charge in [-0.15, -0.1) is 0 Å². The van der Waals surface area contributed by atoms with Gasteiger partial charge in [-0.05, 0) is 37.1 Å². The van der Waals surface area contributed by atoms with Crippen molar-refractivity contribution in [1.29, 1.82) is 5.26 Å². The number of rotatable bonds is 7. The van der Waals surface area contributed by atoms with Crippen molar-refractivity contribution in [1.82, 2.24) is 4.90 Å². The maximum atomic E-state index is 13.3. The largest absolute Gasteiger partial charge is 0.481 e. The standard InChI is InChI=1S/C15H19FN2O2/c1-3-7-18(8-6-15(19)20)14(10-17)12-4-5-13(16)11(2)9-12/h4-5,9,14H,3,6-8H2,1-2H3,(H,19,20). The Hall–Kier alpha value is -1.93. The van der Waals surface area contributed by atoms with Crippen LogP contribution in [-0.2, 0) is 4.79 Å². The van der Waals surface area contributed by atoms with Crippen LogP contribution in [0.25, 0.3) is 0 Å². The van der Waals surface area contributed by atoms with Crippen LogP contribution in [0.5, 0.6) is 0 Å². The van der Waals surface area contributed by atoms with Gasteiger partial charge in [0.2, 0.25) is 0 Å². The number of carbonyl (C=O) groups is 1. The van der Waals surface area contributed by atoms with E-state index >= 15 is 0 Å². The maximum Gasteiger partial charge on any atom is 0.304 e. The van der Waals surface area contributed by atoms with Gasteiger partial charge in [-0.2, -0.15) is 5.26 Å². The Morgan fingerprint density at radius 3 is 2.70 bits per heavy atom. The lowest BCUT2D eigenvalue weighted by molar-refractivity contribution is -0.137. The number of aliphatic carboxylic acids is 1. The van der Waals surface area contributed by atoms with Crippen molar-refractivity contribution in [2.45, 2.75) is 32.7 Å². The van der Waals surface area contributed by atoms with Crippen LogP contribution in [0.1, 0.15) is 36.9 Å². The molecule has 0 aliphatic rings. The maximum absolute atomic E-state index is 13.3. The fraction of sp³-hybridized carbons (Fsp3) is 0.467. The summed E-state index contributed by atoms with van der Waals surface area (Å²) in [5, 5.41) is 18.1. The molecule has 1 unspecified atom stereocenters. The fourth-order valence-electron chi connectivity index (χ4n) is 2.10. The summed E-state index contributed by atoms with van der Waals surface area (Å²) < 4.78 is 13.3. The van der Waals surface area contributed by atoms with Gasteiger partial charge in [0.05, 0.1) is 12.5 Å². The van der Waals surface area contributed by atoms with Crippen molar-refractivity contribution < 1.29 is 14.3 Å². The monoisotopic (exact) mass is 278 g/mol. The Morgan fingerprint density at radius 1 is 1.50 bits per heavy atom. The molecule has 1 N–H and O–H groups in total. The predicted molar refractivity (Wildman–Crippen MR) is 73.6 cm³/mol. The van der Waals surface area contributed by atoms with Gasteiger partial charge in [-0.25, -0.2) is 4.39 Å². The van der Waals surface area contributed by atoms with Crippen LogP contribution in [0.15, 0.2) is 18.2 Å². The van der Waals surface area contributed by atoms with Gasteiger partial charge in [-0.3, -0.25) is 9.69 Å². The minimum Gasteiger partial charge on any atom is -0.481 e. The summed E-state index contributed by atoms with van der Waals surface area (Å²) >= 11 is 0. The first-order valence-corrected chi connectivity index (χ1v) is 6.61. The van der Waals surface area contributed by atoms with Gasteiger partial charge in [0.1, 0.15) is 11.9 Å². The van der Waals surface area contributed by atoms with Gasteiger partial charge in [-0.1, -0.05) is 19.1 Å². The molecule has 0 amide bonds. The molecule has 0 bridgehead atoms. The van der Waals surface area contributed by atoms with E-state index in [4.69, 9.17) is 5.11 Å². The third-order valence-corrected chi connectivity index (χ3v) is 3.11. The quantitative estimate of drug-likeness (QED) is 0.833. The topological polar surface area (TPSA) is 64.3 Å². The van der Waals surface area contributed by atoms with Crippen LogP contribution in [0.2, 0.25) is 0 Å². The summed E-state index contributed by atoms with van der Waals surface area (Å²) in [6, 6.07) is 6.21. The number of aryl methyl sites for hydroxylation is 1. The van der Waals surface area contributed by atoms with E-state index < -0.39 is 12.0 Å². The highest BCUT2D eigenvalue weighted by atomic mass is 19.1. The zero-order chi connectivity index (χ0) is 15.1. The molecular weight excluding hydrogens is 259 g/mol. The highest BCUT2D eigenvalue weighted by Crippen LogP contribution is 2.22. The van der Waals surface area contributed by atoms with Crippen LogP contribution >= 0.6 is 0 Å². The number of nitrogens with zero attached hydrogens (tertiary/aromatic N) is 2. The molecule has 1 atom stereocenters. The Bertz CT molecular complexity index is 511. The van der Waals surface area contributed by atoms with E-state index in [1.165, 1.54) is 6.07 Å². The van der Waals surface area contributed by atoms with Gasteiger partial charge < -0.3 is 5.11 Å². The lowest BCUT2D eigenvalue weighted by atomic mass is 10.0.